The molecule has 0 bridgehead atoms. The van der Waals surface area contributed by atoms with Gasteiger partial charge in [-0.1, -0.05) is 47.1 Å². The Morgan fingerprint density at radius 2 is 1.70 bits per heavy atom. The summed E-state index contributed by atoms with van der Waals surface area (Å²) in [4.78, 5) is 22.8. The van der Waals surface area contributed by atoms with E-state index in [9.17, 15) is 19.9 Å². The summed E-state index contributed by atoms with van der Waals surface area (Å²) in [5, 5.41) is 35.6. The lowest BCUT2D eigenvalue weighted by molar-refractivity contribution is 0.0679. The lowest BCUT2D eigenvalue weighted by atomic mass is 10.0. The minimum Gasteiger partial charge on any atom is -0.477 e. The normalized spacial score (nSPS) is 11.4. The first-order chi connectivity index (χ1) is 12.9. The number of carbonyl (C=O) groups is 2. The molecule has 8 nitrogen and oxygen atoms in total. The summed E-state index contributed by atoms with van der Waals surface area (Å²) in [6.07, 6.45) is 0. The molecule has 1 heterocycles. The Morgan fingerprint density at radius 1 is 1.00 bits per heavy atom. The van der Waals surface area contributed by atoms with Gasteiger partial charge >= 0.3 is 11.9 Å². The fraction of sp³-hybridized carbons (Fsp3) is 0. The smallest absolute Gasteiger partial charge is 0.356 e. The standard InChI is InChI=1S/C18H12ClN3O5/c19-11-6-7-14(22-15(18(25)26)9-13(20-22)17(23)24)12(8-11)16(21-27)10-4-2-1-3-5-10/h1-9,27H,(H,23,24)(H,25,26). The minimum atomic E-state index is -1.37. The van der Waals surface area contributed by atoms with E-state index in [1.54, 1.807) is 30.3 Å². The Morgan fingerprint density at radius 3 is 2.30 bits per heavy atom. The lowest BCUT2D eigenvalue weighted by Crippen LogP contribution is -2.14. The molecule has 1 aromatic heterocycles. The number of rotatable bonds is 5. The quantitative estimate of drug-likeness (QED) is 0.352. The maximum Gasteiger partial charge on any atom is 0.356 e. The fourth-order valence-corrected chi connectivity index (χ4v) is 2.74. The molecule has 0 saturated carbocycles. The second kappa shape index (κ2) is 7.30. The zero-order chi connectivity index (χ0) is 19.6. The fourth-order valence-electron chi connectivity index (χ4n) is 2.57. The van der Waals surface area contributed by atoms with Crippen molar-refractivity contribution < 1.29 is 25.0 Å². The maximum absolute atomic E-state index is 11.6. The van der Waals surface area contributed by atoms with Crippen molar-refractivity contribution >= 4 is 29.3 Å². The van der Waals surface area contributed by atoms with Crippen LogP contribution in [-0.4, -0.2) is 42.9 Å². The van der Waals surface area contributed by atoms with Gasteiger partial charge in [-0.05, 0) is 18.2 Å². The van der Waals surface area contributed by atoms with Crippen molar-refractivity contribution in [2.45, 2.75) is 0 Å². The second-order valence-corrected chi connectivity index (χ2v) is 5.85. The van der Waals surface area contributed by atoms with Crippen LogP contribution in [0, 0.1) is 0 Å². The SMILES string of the molecule is O=C(O)c1cc(C(=O)O)n(-c2ccc(Cl)cc2C(=NO)c2ccccc2)n1. The van der Waals surface area contributed by atoms with Gasteiger partial charge in [-0.15, -0.1) is 0 Å². The van der Waals surface area contributed by atoms with Crippen molar-refractivity contribution in [3.63, 3.8) is 0 Å². The van der Waals surface area contributed by atoms with Crippen LogP contribution in [0.15, 0.2) is 59.8 Å². The van der Waals surface area contributed by atoms with Crippen molar-refractivity contribution in [1.29, 1.82) is 0 Å². The van der Waals surface area contributed by atoms with E-state index in [0.29, 0.717) is 10.6 Å². The van der Waals surface area contributed by atoms with Crippen molar-refractivity contribution in [3.05, 3.63) is 82.1 Å². The molecule has 27 heavy (non-hydrogen) atoms. The first-order valence-electron chi connectivity index (χ1n) is 7.56. The van der Waals surface area contributed by atoms with Gasteiger partial charge in [0.2, 0.25) is 0 Å². The Labute approximate surface area is 157 Å². The monoisotopic (exact) mass is 385 g/mol. The van der Waals surface area contributed by atoms with Gasteiger partial charge in [-0.25, -0.2) is 14.3 Å². The third-order valence-electron chi connectivity index (χ3n) is 3.74. The number of aromatic nitrogens is 2. The molecule has 0 fully saturated rings. The van der Waals surface area contributed by atoms with E-state index >= 15 is 0 Å². The van der Waals surface area contributed by atoms with E-state index in [1.807, 2.05) is 0 Å². The predicted octanol–water partition coefficient (Wildman–Crippen LogP) is 3.15. The number of oxime groups is 1. The molecule has 0 atom stereocenters. The van der Waals surface area contributed by atoms with Gasteiger partial charge in [0, 0.05) is 22.2 Å². The first kappa shape index (κ1) is 18.2. The van der Waals surface area contributed by atoms with Crippen molar-refractivity contribution in [2.24, 2.45) is 5.16 Å². The van der Waals surface area contributed by atoms with E-state index in [1.165, 1.54) is 18.2 Å². The van der Waals surface area contributed by atoms with Crippen LogP contribution < -0.4 is 0 Å². The van der Waals surface area contributed by atoms with Crippen molar-refractivity contribution in [3.8, 4) is 5.69 Å². The molecular formula is C18H12ClN3O5. The molecule has 0 saturated heterocycles. The van der Waals surface area contributed by atoms with Crippen LogP contribution in [0.2, 0.25) is 5.02 Å². The van der Waals surface area contributed by atoms with Crippen LogP contribution in [0.3, 0.4) is 0 Å². The maximum atomic E-state index is 11.6. The first-order valence-corrected chi connectivity index (χ1v) is 7.94. The number of nitrogens with zero attached hydrogens (tertiary/aromatic N) is 3. The van der Waals surface area contributed by atoms with Gasteiger partial charge in [0.25, 0.3) is 0 Å². The van der Waals surface area contributed by atoms with Gasteiger partial charge < -0.3 is 15.4 Å². The number of benzene rings is 2. The highest BCUT2D eigenvalue weighted by Crippen LogP contribution is 2.25. The van der Waals surface area contributed by atoms with Gasteiger partial charge in [0.05, 0.1) is 5.69 Å². The summed E-state index contributed by atoms with van der Waals surface area (Å²) in [5.41, 5.74) is 0.347. The number of carboxylic acids is 2. The molecule has 3 aromatic rings. The van der Waals surface area contributed by atoms with E-state index in [2.05, 4.69) is 10.3 Å². The van der Waals surface area contributed by atoms with Crippen LogP contribution in [0.1, 0.15) is 32.1 Å². The Kier molecular flexibility index (Phi) is 4.91. The van der Waals surface area contributed by atoms with E-state index in [-0.39, 0.29) is 22.7 Å². The van der Waals surface area contributed by atoms with E-state index in [4.69, 9.17) is 16.7 Å². The highest BCUT2D eigenvalue weighted by Gasteiger charge is 2.23. The van der Waals surface area contributed by atoms with Crippen LogP contribution >= 0.6 is 11.6 Å². The molecule has 0 aliphatic rings. The van der Waals surface area contributed by atoms with Gasteiger partial charge in [0.15, 0.2) is 11.4 Å². The summed E-state index contributed by atoms with van der Waals surface area (Å²) >= 11 is 6.07. The van der Waals surface area contributed by atoms with E-state index < -0.39 is 17.6 Å². The molecule has 0 aliphatic heterocycles. The topological polar surface area (TPSA) is 125 Å². The molecule has 0 unspecified atom stereocenters. The molecule has 3 N–H and O–H groups in total. The van der Waals surface area contributed by atoms with Gasteiger partial charge in [-0.3, -0.25) is 0 Å². The number of carboxylic acid groups (broad SMARTS) is 2. The molecule has 3 rings (SSSR count). The highest BCUT2D eigenvalue weighted by atomic mass is 35.5. The average Bonchev–Trinajstić information content (AvgIpc) is 3.09. The predicted molar refractivity (Wildman–Crippen MR) is 96.4 cm³/mol. The van der Waals surface area contributed by atoms with E-state index in [0.717, 1.165) is 10.7 Å². The highest BCUT2D eigenvalue weighted by molar-refractivity contribution is 6.31. The summed E-state index contributed by atoms with van der Waals surface area (Å²) in [5.74, 6) is -2.73. The Hall–Kier alpha value is -3.65. The number of aromatic carboxylic acids is 2. The summed E-state index contributed by atoms with van der Waals surface area (Å²) in [6.45, 7) is 0. The molecule has 0 radical (unpaired) electrons. The van der Waals surface area contributed by atoms with Crippen LogP contribution in [0.5, 0.6) is 0 Å². The second-order valence-electron chi connectivity index (χ2n) is 5.41. The van der Waals surface area contributed by atoms with Crippen molar-refractivity contribution in [1.82, 2.24) is 9.78 Å². The minimum absolute atomic E-state index is 0.122. The molecule has 2 aromatic carbocycles. The zero-order valence-electron chi connectivity index (χ0n) is 13.6. The van der Waals surface area contributed by atoms with Gasteiger partial charge in [-0.2, -0.15) is 5.10 Å². The Balaban J connectivity index is 2.28. The summed E-state index contributed by atoms with van der Waals surface area (Å²) in [6, 6.07) is 14.0. The molecule has 9 heteroatoms. The third-order valence-corrected chi connectivity index (χ3v) is 3.97. The zero-order valence-corrected chi connectivity index (χ0v) is 14.3. The van der Waals surface area contributed by atoms with Crippen LogP contribution in [0.4, 0.5) is 0 Å². The van der Waals surface area contributed by atoms with Crippen LogP contribution in [-0.2, 0) is 0 Å². The average molecular weight is 386 g/mol. The van der Waals surface area contributed by atoms with Crippen molar-refractivity contribution in [2.75, 3.05) is 0 Å². The number of halogens is 1. The lowest BCUT2D eigenvalue weighted by Gasteiger charge is -2.13. The largest absolute Gasteiger partial charge is 0.477 e. The third kappa shape index (κ3) is 3.51. The molecule has 0 amide bonds. The van der Waals surface area contributed by atoms with Crippen LogP contribution in [0.25, 0.3) is 5.69 Å². The Bertz CT molecular complexity index is 1060. The molecule has 0 spiro atoms. The molecule has 0 aliphatic carbocycles. The molecular weight excluding hydrogens is 374 g/mol. The summed E-state index contributed by atoms with van der Waals surface area (Å²) < 4.78 is 0.964. The molecule has 136 valence electrons. The number of hydrogen-bond donors (Lipinski definition) is 3. The number of hydrogen-bond acceptors (Lipinski definition) is 5. The summed E-state index contributed by atoms with van der Waals surface area (Å²) in [7, 11) is 0. The van der Waals surface area contributed by atoms with Gasteiger partial charge in [0.1, 0.15) is 5.71 Å².